The summed E-state index contributed by atoms with van der Waals surface area (Å²) in [5.41, 5.74) is 33.0. The van der Waals surface area contributed by atoms with E-state index in [9.17, 15) is 28.8 Å². The summed E-state index contributed by atoms with van der Waals surface area (Å²) >= 11 is 0. The Morgan fingerprint density at radius 3 is 1.57 bits per heavy atom. The molecule has 0 aromatic heterocycles. The Morgan fingerprint density at radius 1 is 0.627 bits per heavy atom. The van der Waals surface area contributed by atoms with E-state index in [1.165, 1.54) is 13.8 Å². The summed E-state index contributed by atoms with van der Waals surface area (Å²) in [5, 5.41) is 15.6. The van der Waals surface area contributed by atoms with Gasteiger partial charge in [0.25, 0.3) is 0 Å². The van der Waals surface area contributed by atoms with Gasteiger partial charge in [0.15, 0.2) is 11.9 Å². The highest BCUT2D eigenvalue weighted by Crippen LogP contribution is 2.11. The molecule has 0 aliphatic rings. The summed E-state index contributed by atoms with van der Waals surface area (Å²) in [5.74, 6) is -3.83. The second-order valence-corrected chi connectivity index (χ2v) is 13.0. The monoisotopic (exact) mass is 726 g/mol. The van der Waals surface area contributed by atoms with E-state index in [1.807, 2.05) is 20.8 Å². The molecule has 0 unspecified atom stereocenters. The summed E-state index contributed by atoms with van der Waals surface area (Å²) < 4.78 is 0. The van der Waals surface area contributed by atoms with Gasteiger partial charge in [-0.1, -0.05) is 34.1 Å². The predicted octanol–water partition coefficient (Wildman–Crippen LogP) is -3.35. The van der Waals surface area contributed by atoms with Gasteiger partial charge in [0.1, 0.15) is 30.2 Å². The van der Waals surface area contributed by atoms with Gasteiger partial charge in [-0.25, -0.2) is 4.79 Å². The summed E-state index contributed by atoms with van der Waals surface area (Å²) in [4.78, 5) is 85.4. The zero-order chi connectivity index (χ0) is 39.3. The van der Waals surface area contributed by atoms with Gasteiger partial charge in [-0.2, -0.15) is 0 Å². The van der Waals surface area contributed by atoms with Crippen molar-refractivity contribution >= 4 is 47.5 Å². The van der Waals surface area contributed by atoms with Crippen molar-refractivity contribution in [2.75, 3.05) is 19.6 Å². The second-order valence-electron chi connectivity index (χ2n) is 13.0. The fraction of sp³-hybridized carbons (Fsp3) is 0.742. The lowest BCUT2D eigenvalue weighted by molar-refractivity contribution is -0.135. The molecule has 0 aliphatic carbocycles. The van der Waals surface area contributed by atoms with Crippen molar-refractivity contribution in [2.45, 2.75) is 116 Å². The lowest BCUT2D eigenvalue weighted by Gasteiger charge is -2.28. The number of hydrogen-bond donors (Lipinski definition) is 12. The first-order valence-electron chi connectivity index (χ1n) is 17.2. The quantitative estimate of drug-likeness (QED) is 0.0265. The molecule has 0 aliphatic heterocycles. The zero-order valence-electron chi connectivity index (χ0n) is 30.8. The molecule has 7 amide bonds. The SMILES string of the molecule is CC[C@H](C)[C@H](NC(=O)[C@H](CCCN=C(N)N)NC(=O)[C@H](CCCN=C(N)N)NC(=O)[C@H](C)NC(=O)NC[C@@H](N)CC(C)C)C(=O)N[C@@H](C)C(N)=O. The van der Waals surface area contributed by atoms with E-state index in [2.05, 4.69) is 41.9 Å². The van der Waals surface area contributed by atoms with Crippen LogP contribution in [0.3, 0.4) is 0 Å². The van der Waals surface area contributed by atoms with Crippen molar-refractivity contribution in [3.8, 4) is 0 Å². The minimum absolute atomic E-state index is 0.0482. The molecular formula is C31H62N14O6. The average Bonchev–Trinajstić information content (AvgIpc) is 3.03. The number of guanidine groups is 2. The number of primary amides is 1. The van der Waals surface area contributed by atoms with Crippen LogP contribution < -0.4 is 66.3 Å². The second kappa shape index (κ2) is 24.3. The first kappa shape index (κ1) is 46.1. The predicted molar refractivity (Wildman–Crippen MR) is 195 cm³/mol. The van der Waals surface area contributed by atoms with Gasteiger partial charge in [-0.05, 0) is 57.8 Å². The number of carbonyl (C=O) groups excluding carboxylic acids is 6. The fourth-order valence-electron chi connectivity index (χ4n) is 4.67. The Bertz CT molecular complexity index is 1210. The molecular weight excluding hydrogens is 664 g/mol. The van der Waals surface area contributed by atoms with Crippen LogP contribution >= 0.6 is 0 Å². The van der Waals surface area contributed by atoms with Crippen LogP contribution in [0.1, 0.15) is 80.1 Å². The van der Waals surface area contributed by atoms with Crippen LogP contribution in [0, 0.1) is 11.8 Å². The highest BCUT2D eigenvalue weighted by Gasteiger charge is 2.33. The lowest BCUT2D eigenvalue weighted by Crippen LogP contribution is -2.60. The fourth-order valence-corrected chi connectivity index (χ4v) is 4.67. The Labute approximate surface area is 300 Å². The van der Waals surface area contributed by atoms with Gasteiger partial charge in [-0.3, -0.25) is 34.0 Å². The molecule has 0 spiro atoms. The largest absolute Gasteiger partial charge is 0.370 e. The number of urea groups is 1. The van der Waals surface area contributed by atoms with Crippen LogP contribution in [0.4, 0.5) is 4.79 Å². The Hall–Kier alpha value is -4.88. The molecule has 0 saturated carbocycles. The number of hydrogen-bond acceptors (Lipinski definition) is 9. The van der Waals surface area contributed by atoms with Crippen molar-refractivity contribution in [1.82, 2.24) is 31.9 Å². The molecule has 0 bridgehead atoms. The average molecular weight is 727 g/mol. The molecule has 18 N–H and O–H groups in total. The van der Waals surface area contributed by atoms with E-state index >= 15 is 0 Å². The van der Waals surface area contributed by atoms with E-state index in [1.54, 1.807) is 6.92 Å². The number of carbonyl (C=O) groups is 6. The van der Waals surface area contributed by atoms with Crippen molar-refractivity contribution < 1.29 is 28.8 Å². The number of nitrogens with zero attached hydrogens (tertiary/aromatic N) is 2. The molecule has 0 aromatic rings. The van der Waals surface area contributed by atoms with Gasteiger partial charge in [0.2, 0.25) is 29.5 Å². The normalized spacial score (nSPS) is 15.0. The summed E-state index contributed by atoms with van der Waals surface area (Å²) in [6, 6.07) is -6.40. The maximum Gasteiger partial charge on any atom is 0.315 e. The Kier molecular flexibility index (Phi) is 22.0. The Balaban J connectivity index is 6.06. The third kappa shape index (κ3) is 20.4. The van der Waals surface area contributed by atoms with Gasteiger partial charge < -0.3 is 66.3 Å². The minimum Gasteiger partial charge on any atom is -0.370 e. The molecule has 0 aromatic carbocycles. The minimum atomic E-state index is -1.20. The molecule has 20 nitrogen and oxygen atoms in total. The number of nitrogens with two attached hydrogens (primary N) is 6. The molecule has 292 valence electrons. The van der Waals surface area contributed by atoms with E-state index in [4.69, 9.17) is 34.4 Å². The van der Waals surface area contributed by atoms with Gasteiger partial charge >= 0.3 is 6.03 Å². The maximum atomic E-state index is 13.7. The smallest absolute Gasteiger partial charge is 0.315 e. The van der Waals surface area contributed by atoms with E-state index < -0.39 is 65.8 Å². The van der Waals surface area contributed by atoms with Gasteiger partial charge in [0, 0.05) is 25.7 Å². The van der Waals surface area contributed by atoms with E-state index in [0.717, 1.165) is 0 Å². The molecule has 0 rings (SSSR count). The summed E-state index contributed by atoms with van der Waals surface area (Å²) in [6.45, 7) is 10.9. The van der Waals surface area contributed by atoms with Crippen molar-refractivity contribution in [2.24, 2.45) is 56.2 Å². The molecule has 0 radical (unpaired) electrons. The standard InChI is InChI=1S/C31H62N14O6/c1-7-17(4)23(28(50)41-18(5)24(33)46)45-27(49)22(11-9-13-39-30(36)37)44-26(48)21(10-8-12-38-29(34)35)43-25(47)19(6)42-31(51)40-15-20(32)14-16(2)3/h16-23H,7-15,32H2,1-6H3,(H2,33,46)(H,41,50)(H,43,47)(H,44,48)(H,45,49)(H4,34,35,38)(H4,36,37,39)(H2,40,42,51)/t17-,18-,19-,20-,21-,22-,23-/m0/s1. The maximum absolute atomic E-state index is 13.7. The third-order valence-corrected chi connectivity index (χ3v) is 7.78. The van der Waals surface area contributed by atoms with Crippen molar-refractivity contribution in [3.63, 3.8) is 0 Å². The molecule has 0 heterocycles. The number of aliphatic imine (C=N–C) groups is 2. The first-order chi connectivity index (χ1) is 23.8. The molecule has 51 heavy (non-hydrogen) atoms. The van der Waals surface area contributed by atoms with Gasteiger partial charge in [-0.15, -0.1) is 0 Å². The Morgan fingerprint density at radius 2 is 1.12 bits per heavy atom. The molecule has 0 fully saturated rings. The summed E-state index contributed by atoms with van der Waals surface area (Å²) in [6.07, 6.45) is 1.81. The van der Waals surface area contributed by atoms with Gasteiger partial charge in [0.05, 0.1) is 0 Å². The van der Waals surface area contributed by atoms with Crippen molar-refractivity contribution in [3.05, 3.63) is 0 Å². The van der Waals surface area contributed by atoms with Crippen LogP contribution in [0.5, 0.6) is 0 Å². The van der Waals surface area contributed by atoms with Crippen LogP contribution in [0.2, 0.25) is 0 Å². The topological polar surface area (TPSA) is 355 Å². The number of rotatable bonds is 24. The van der Waals surface area contributed by atoms with Crippen LogP contribution in [-0.2, 0) is 24.0 Å². The highest BCUT2D eigenvalue weighted by atomic mass is 16.2. The zero-order valence-corrected chi connectivity index (χ0v) is 30.8. The molecule has 20 heteroatoms. The number of nitrogens with one attached hydrogen (secondary N) is 6. The van der Waals surface area contributed by atoms with E-state index in [0.29, 0.717) is 18.8 Å². The van der Waals surface area contributed by atoms with E-state index in [-0.39, 0.29) is 69.2 Å². The first-order valence-corrected chi connectivity index (χ1v) is 17.2. The third-order valence-electron chi connectivity index (χ3n) is 7.78. The summed E-state index contributed by atoms with van der Waals surface area (Å²) in [7, 11) is 0. The van der Waals surface area contributed by atoms with Crippen LogP contribution in [0.25, 0.3) is 0 Å². The molecule has 7 atom stereocenters. The van der Waals surface area contributed by atoms with Crippen molar-refractivity contribution in [1.29, 1.82) is 0 Å². The van der Waals surface area contributed by atoms with Crippen LogP contribution in [0.15, 0.2) is 9.98 Å². The highest BCUT2D eigenvalue weighted by molar-refractivity contribution is 5.96. The number of amides is 7. The molecule has 0 saturated heterocycles. The van der Waals surface area contributed by atoms with Crippen LogP contribution in [-0.4, -0.2) is 103 Å². The lowest BCUT2D eigenvalue weighted by atomic mass is 9.97.